The van der Waals surface area contributed by atoms with Gasteiger partial charge in [0.05, 0.1) is 5.69 Å². The summed E-state index contributed by atoms with van der Waals surface area (Å²) in [6, 6.07) is 13.9. The summed E-state index contributed by atoms with van der Waals surface area (Å²) in [7, 11) is 0. The lowest BCUT2D eigenvalue weighted by molar-refractivity contribution is 0.0383. The Hall–Kier alpha value is -1.88. The third-order valence-electron chi connectivity index (χ3n) is 4.62. The average molecular weight is 328 g/mol. The molecule has 0 radical (unpaired) electrons. The topological polar surface area (TPSA) is 49.6 Å². The normalized spacial score (nSPS) is 20.1. The van der Waals surface area contributed by atoms with Crippen LogP contribution in [-0.2, 0) is 18.6 Å². The Bertz CT molecular complexity index is 860. The monoisotopic (exact) mass is 327 g/mol. The molecule has 3 aromatic rings. The van der Waals surface area contributed by atoms with Crippen molar-refractivity contribution < 1.29 is 5.11 Å². The molecule has 23 heavy (non-hydrogen) atoms. The molecule has 0 spiro atoms. The number of rotatable bonds is 4. The van der Waals surface area contributed by atoms with E-state index in [1.807, 2.05) is 47.0 Å². The molecule has 0 saturated carbocycles. The zero-order valence-corrected chi connectivity index (χ0v) is 13.4. The van der Waals surface area contributed by atoms with Crippen molar-refractivity contribution in [2.24, 2.45) is 0 Å². The lowest BCUT2D eigenvalue weighted by Crippen LogP contribution is -2.36. The summed E-state index contributed by atoms with van der Waals surface area (Å²) in [6.07, 6.45) is 3.62. The van der Waals surface area contributed by atoms with Crippen LogP contribution >= 0.6 is 11.6 Å². The van der Waals surface area contributed by atoms with Crippen molar-refractivity contribution in [1.82, 2.24) is 14.7 Å². The van der Waals surface area contributed by atoms with Crippen molar-refractivity contribution in [3.8, 4) is 0 Å². The Labute approximate surface area is 139 Å². The molecule has 0 amide bonds. The number of benzene rings is 1. The second-order valence-electron chi connectivity index (χ2n) is 6.07. The van der Waals surface area contributed by atoms with E-state index in [-0.39, 0.29) is 0 Å². The SMILES string of the molecule is OC1(CNCc2c(Cl)nc3ccccn23)CCc2ccccc21. The van der Waals surface area contributed by atoms with Crippen LogP contribution in [0.25, 0.3) is 5.65 Å². The summed E-state index contributed by atoms with van der Waals surface area (Å²) in [5.41, 5.74) is 3.22. The quantitative estimate of drug-likeness (QED) is 0.774. The molecule has 1 aliphatic carbocycles. The highest BCUT2D eigenvalue weighted by Crippen LogP contribution is 2.36. The Morgan fingerprint density at radius 2 is 2.04 bits per heavy atom. The first kappa shape index (κ1) is 14.7. The van der Waals surface area contributed by atoms with Gasteiger partial charge in [-0.3, -0.25) is 0 Å². The first-order valence-electron chi connectivity index (χ1n) is 7.80. The van der Waals surface area contributed by atoms with Gasteiger partial charge in [0.1, 0.15) is 11.2 Å². The number of aromatic nitrogens is 2. The number of nitrogens with one attached hydrogen (secondary N) is 1. The fraction of sp³-hybridized carbons (Fsp3) is 0.278. The molecule has 2 N–H and O–H groups in total. The molecule has 1 aromatic carbocycles. The molecule has 0 saturated heterocycles. The molecule has 4 rings (SSSR count). The second-order valence-corrected chi connectivity index (χ2v) is 6.43. The van der Waals surface area contributed by atoms with Gasteiger partial charge in [-0.25, -0.2) is 4.98 Å². The van der Waals surface area contributed by atoms with E-state index in [9.17, 15) is 5.11 Å². The highest BCUT2D eigenvalue weighted by atomic mass is 35.5. The Balaban J connectivity index is 1.51. The number of nitrogens with zero attached hydrogens (tertiary/aromatic N) is 2. The van der Waals surface area contributed by atoms with E-state index >= 15 is 0 Å². The van der Waals surface area contributed by atoms with Crippen LogP contribution in [0.5, 0.6) is 0 Å². The Morgan fingerprint density at radius 1 is 1.22 bits per heavy atom. The predicted molar refractivity (Wildman–Crippen MR) is 90.6 cm³/mol. The lowest BCUT2D eigenvalue weighted by Gasteiger charge is -2.24. The van der Waals surface area contributed by atoms with E-state index in [1.165, 1.54) is 5.56 Å². The molecule has 4 nitrogen and oxygen atoms in total. The third-order valence-corrected chi connectivity index (χ3v) is 4.92. The number of pyridine rings is 1. The van der Waals surface area contributed by atoms with Gasteiger partial charge in [0.25, 0.3) is 0 Å². The van der Waals surface area contributed by atoms with Crippen LogP contribution in [-0.4, -0.2) is 21.0 Å². The van der Waals surface area contributed by atoms with Crippen LogP contribution < -0.4 is 5.32 Å². The van der Waals surface area contributed by atoms with Crippen LogP contribution in [0, 0.1) is 0 Å². The smallest absolute Gasteiger partial charge is 0.152 e. The molecule has 0 aliphatic heterocycles. The van der Waals surface area contributed by atoms with Gasteiger partial charge >= 0.3 is 0 Å². The molecular weight excluding hydrogens is 310 g/mol. The maximum atomic E-state index is 10.9. The van der Waals surface area contributed by atoms with Crippen molar-refractivity contribution >= 4 is 17.2 Å². The molecule has 0 fully saturated rings. The maximum Gasteiger partial charge on any atom is 0.152 e. The van der Waals surface area contributed by atoms with E-state index in [4.69, 9.17) is 11.6 Å². The zero-order chi connectivity index (χ0) is 15.9. The predicted octanol–water partition coefficient (Wildman–Crippen LogP) is 2.91. The van der Waals surface area contributed by atoms with Crippen molar-refractivity contribution in [3.63, 3.8) is 0 Å². The first-order valence-corrected chi connectivity index (χ1v) is 8.18. The van der Waals surface area contributed by atoms with Gasteiger partial charge in [0, 0.05) is 19.3 Å². The minimum absolute atomic E-state index is 0.500. The number of hydrogen-bond donors (Lipinski definition) is 2. The standard InChI is InChI=1S/C18H18ClN3O/c19-17-15(22-10-4-3-7-16(22)21-17)11-20-12-18(23)9-8-13-5-1-2-6-14(13)18/h1-7,10,20,23H,8-9,11-12H2. The lowest BCUT2D eigenvalue weighted by atomic mass is 9.96. The van der Waals surface area contributed by atoms with Crippen molar-refractivity contribution in [3.05, 3.63) is 70.6 Å². The zero-order valence-electron chi connectivity index (χ0n) is 12.7. The summed E-state index contributed by atoms with van der Waals surface area (Å²) >= 11 is 6.24. The van der Waals surface area contributed by atoms with Crippen LogP contribution in [0.1, 0.15) is 23.2 Å². The summed E-state index contributed by atoms with van der Waals surface area (Å²) in [6.45, 7) is 1.06. The molecule has 118 valence electrons. The molecule has 1 aliphatic rings. The highest BCUT2D eigenvalue weighted by Gasteiger charge is 2.35. The Kier molecular flexibility index (Phi) is 3.60. The first-order chi connectivity index (χ1) is 11.2. The van der Waals surface area contributed by atoms with Gasteiger partial charge < -0.3 is 14.8 Å². The van der Waals surface area contributed by atoms with Gasteiger partial charge in [0.2, 0.25) is 0 Å². The number of aryl methyl sites for hydroxylation is 1. The number of imidazole rings is 1. The van der Waals surface area contributed by atoms with Crippen LogP contribution in [0.4, 0.5) is 0 Å². The summed E-state index contributed by atoms with van der Waals surface area (Å²) in [5, 5.41) is 14.8. The van der Waals surface area contributed by atoms with Crippen LogP contribution in [0.2, 0.25) is 5.15 Å². The summed E-state index contributed by atoms with van der Waals surface area (Å²) in [4.78, 5) is 4.34. The summed E-state index contributed by atoms with van der Waals surface area (Å²) in [5.74, 6) is 0. The average Bonchev–Trinajstić information content (AvgIpc) is 3.06. The summed E-state index contributed by atoms with van der Waals surface area (Å²) < 4.78 is 1.97. The molecule has 1 atom stereocenters. The molecule has 5 heteroatoms. The van der Waals surface area contributed by atoms with Crippen molar-refractivity contribution in [1.29, 1.82) is 0 Å². The molecule has 1 unspecified atom stereocenters. The Morgan fingerprint density at radius 3 is 2.96 bits per heavy atom. The van der Waals surface area contributed by atoms with Gasteiger partial charge in [0.15, 0.2) is 5.15 Å². The van der Waals surface area contributed by atoms with Crippen molar-refractivity contribution in [2.45, 2.75) is 25.0 Å². The number of halogens is 1. The molecular formula is C18H18ClN3O. The highest BCUT2D eigenvalue weighted by molar-refractivity contribution is 6.30. The minimum atomic E-state index is -0.802. The van der Waals surface area contributed by atoms with Gasteiger partial charge in [-0.1, -0.05) is 41.9 Å². The fourth-order valence-electron chi connectivity index (χ4n) is 3.42. The minimum Gasteiger partial charge on any atom is -0.384 e. The van der Waals surface area contributed by atoms with Gasteiger partial charge in [-0.2, -0.15) is 0 Å². The second kappa shape index (κ2) is 5.64. The molecule has 2 heterocycles. The van der Waals surface area contributed by atoms with Gasteiger partial charge in [-0.15, -0.1) is 0 Å². The molecule has 0 bridgehead atoms. The number of aliphatic hydroxyl groups is 1. The van der Waals surface area contributed by atoms with Gasteiger partial charge in [-0.05, 0) is 36.1 Å². The van der Waals surface area contributed by atoms with E-state index in [2.05, 4.69) is 16.4 Å². The largest absolute Gasteiger partial charge is 0.384 e. The number of hydrogen-bond acceptors (Lipinski definition) is 3. The fourth-order valence-corrected chi connectivity index (χ4v) is 3.66. The van der Waals surface area contributed by atoms with Crippen LogP contribution in [0.15, 0.2) is 48.7 Å². The molecule has 2 aromatic heterocycles. The number of fused-ring (bicyclic) bond motifs is 2. The van der Waals surface area contributed by atoms with E-state index in [1.54, 1.807) is 0 Å². The van der Waals surface area contributed by atoms with Crippen LogP contribution in [0.3, 0.4) is 0 Å². The van der Waals surface area contributed by atoms with Crippen molar-refractivity contribution in [2.75, 3.05) is 6.54 Å². The van der Waals surface area contributed by atoms with E-state index in [0.717, 1.165) is 29.7 Å². The van der Waals surface area contributed by atoms with E-state index < -0.39 is 5.60 Å². The maximum absolute atomic E-state index is 10.9. The third kappa shape index (κ3) is 2.53. The van der Waals surface area contributed by atoms with E-state index in [0.29, 0.717) is 18.2 Å².